The highest BCUT2D eigenvalue weighted by Gasteiger charge is 2.11. The van der Waals surface area contributed by atoms with E-state index in [9.17, 15) is 4.79 Å². The standard InChI is InChI=1S/C20H23N3O2/c1-15-4-3-5-19(14-15)25-13-12-22-20(24)16(2)23-18-8-6-17(7-9-18)10-11-21/h3-9,14,16,23H,10,12-13H2,1-2H3,(H,22,24). The van der Waals surface area contributed by atoms with Gasteiger partial charge in [0.15, 0.2) is 0 Å². The van der Waals surface area contributed by atoms with Crippen LogP contribution in [0.2, 0.25) is 0 Å². The molecule has 25 heavy (non-hydrogen) atoms. The number of ether oxygens (including phenoxy) is 1. The lowest BCUT2D eigenvalue weighted by atomic mass is 10.1. The lowest BCUT2D eigenvalue weighted by molar-refractivity contribution is -0.121. The van der Waals surface area contributed by atoms with Crippen LogP contribution in [0.15, 0.2) is 48.5 Å². The average molecular weight is 337 g/mol. The maximum Gasteiger partial charge on any atom is 0.242 e. The Bertz CT molecular complexity index is 735. The molecule has 0 heterocycles. The molecule has 0 aromatic heterocycles. The number of carbonyl (C=O) groups is 1. The van der Waals surface area contributed by atoms with Crippen LogP contribution in [-0.4, -0.2) is 25.1 Å². The van der Waals surface area contributed by atoms with E-state index in [1.165, 1.54) is 0 Å². The van der Waals surface area contributed by atoms with E-state index in [0.717, 1.165) is 22.6 Å². The third-order valence-corrected chi connectivity index (χ3v) is 3.67. The Labute approximate surface area is 148 Å². The molecule has 0 saturated carbocycles. The summed E-state index contributed by atoms with van der Waals surface area (Å²) in [6.07, 6.45) is 0.386. The lowest BCUT2D eigenvalue weighted by Crippen LogP contribution is -2.39. The predicted molar refractivity (Wildman–Crippen MR) is 98.5 cm³/mol. The molecule has 1 atom stereocenters. The summed E-state index contributed by atoms with van der Waals surface area (Å²) in [5.41, 5.74) is 2.94. The fourth-order valence-corrected chi connectivity index (χ4v) is 2.33. The minimum absolute atomic E-state index is 0.0889. The highest BCUT2D eigenvalue weighted by atomic mass is 16.5. The van der Waals surface area contributed by atoms with Gasteiger partial charge in [0.25, 0.3) is 0 Å². The molecule has 0 aliphatic carbocycles. The summed E-state index contributed by atoms with van der Waals surface area (Å²) in [6, 6.07) is 17.1. The number of anilines is 1. The quantitative estimate of drug-likeness (QED) is 0.726. The molecule has 2 N–H and O–H groups in total. The second-order valence-electron chi connectivity index (χ2n) is 5.85. The monoisotopic (exact) mass is 337 g/mol. The molecule has 2 rings (SSSR count). The SMILES string of the molecule is Cc1cccc(OCCNC(=O)C(C)Nc2ccc(CC#N)cc2)c1. The molecule has 2 aromatic rings. The van der Waals surface area contributed by atoms with Gasteiger partial charge in [-0.25, -0.2) is 0 Å². The van der Waals surface area contributed by atoms with Crippen molar-refractivity contribution in [2.75, 3.05) is 18.5 Å². The number of nitrogens with zero attached hydrogens (tertiary/aromatic N) is 1. The molecule has 0 fully saturated rings. The van der Waals surface area contributed by atoms with E-state index >= 15 is 0 Å². The number of amides is 1. The van der Waals surface area contributed by atoms with Gasteiger partial charge in [-0.2, -0.15) is 5.26 Å². The van der Waals surface area contributed by atoms with Gasteiger partial charge in [0.05, 0.1) is 19.0 Å². The molecule has 5 heteroatoms. The number of nitrogens with one attached hydrogen (secondary N) is 2. The van der Waals surface area contributed by atoms with Crippen LogP contribution < -0.4 is 15.4 Å². The Hall–Kier alpha value is -3.00. The predicted octanol–water partition coefficient (Wildman–Crippen LogP) is 3.06. The zero-order valence-corrected chi connectivity index (χ0v) is 14.6. The summed E-state index contributed by atoms with van der Waals surface area (Å²) in [5, 5.41) is 14.7. The summed E-state index contributed by atoms with van der Waals surface area (Å²) in [6.45, 7) is 4.68. The number of nitriles is 1. The largest absolute Gasteiger partial charge is 0.492 e. The van der Waals surface area contributed by atoms with Gasteiger partial charge in [-0.15, -0.1) is 0 Å². The van der Waals surface area contributed by atoms with Gasteiger partial charge in [0.2, 0.25) is 5.91 Å². The normalized spacial score (nSPS) is 11.2. The van der Waals surface area contributed by atoms with E-state index in [4.69, 9.17) is 10.00 Å². The van der Waals surface area contributed by atoms with E-state index in [-0.39, 0.29) is 11.9 Å². The van der Waals surface area contributed by atoms with Gasteiger partial charge >= 0.3 is 0 Å². The maximum absolute atomic E-state index is 12.1. The van der Waals surface area contributed by atoms with E-state index in [0.29, 0.717) is 19.6 Å². The molecule has 1 amide bonds. The van der Waals surface area contributed by atoms with Crippen molar-refractivity contribution in [1.82, 2.24) is 5.32 Å². The Morgan fingerprint density at radius 2 is 2.00 bits per heavy atom. The smallest absolute Gasteiger partial charge is 0.242 e. The van der Waals surface area contributed by atoms with Gasteiger partial charge in [-0.1, -0.05) is 24.3 Å². The number of aryl methyl sites for hydroxylation is 1. The van der Waals surface area contributed by atoms with Crippen LogP contribution in [0, 0.1) is 18.3 Å². The Kier molecular flexibility index (Phi) is 6.85. The second-order valence-corrected chi connectivity index (χ2v) is 5.85. The van der Waals surface area contributed by atoms with Crippen LogP contribution in [0.25, 0.3) is 0 Å². The molecule has 0 aliphatic rings. The van der Waals surface area contributed by atoms with Crippen molar-refractivity contribution >= 4 is 11.6 Å². The minimum Gasteiger partial charge on any atom is -0.492 e. The first-order valence-electron chi connectivity index (χ1n) is 8.28. The van der Waals surface area contributed by atoms with Crippen molar-refractivity contribution in [3.05, 3.63) is 59.7 Å². The molecular formula is C20H23N3O2. The van der Waals surface area contributed by atoms with Gasteiger partial charge in [-0.05, 0) is 49.2 Å². The first-order valence-corrected chi connectivity index (χ1v) is 8.28. The third-order valence-electron chi connectivity index (χ3n) is 3.67. The number of rotatable bonds is 8. The van der Waals surface area contributed by atoms with Gasteiger partial charge in [0.1, 0.15) is 18.4 Å². The fourth-order valence-electron chi connectivity index (χ4n) is 2.33. The minimum atomic E-state index is -0.360. The second kappa shape index (κ2) is 9.33. The van der Waals surface area contributed by atoms with Crippen molar-refractivity contribution in [1.29, 1.82) is 5.26 Å². The van der Waals surface area contributed by atoms with Crippen molar-refractivity contribution in [3.8, 4) is 11.8 Å². The summed E-state index contributed by atoms with van der Waals surface area (Å²) in [5.74, 6) is 0.715. The molecule has 0 aliphatic heterocycles. The Balaban J connectivity index is 1.72. The van der Waals surface area contributed by atoms with Crippen LogP contribution in [0.3, 0.4) is 0 Å². The van der Waals surface area contributed by atoms with E-state index in [1.54, 1.807) is 6.92 Å². The zero-order chi connectivity index (χ0) is 18.1. The molecule has 0 radical (unpaired) electrons. The first-order chi connectivity index (χ1) is 12.1. The Morgan fingerprint density at radius 1 is 1.24 bits per heavy atom. The van der Waals surface area contributed by atoms with Crippen LogP contribution in [0.1, 0.15) is 18.1 Å². The lowest BCUT2D eigenvalue weighted by Gasteiger charge is -2.15. The summed E-state index contributed by atoms with van der Waals surface area (Å²) < 4.78 is 5.61. The maximum atomic E-state index is 12.1. The topological polar surface area (TPSA) is 74.2 Å². The van der Waals surface area contributed by atoms with Crippen LogP contribution in [-0.2, 0) is 11.2 Å². The van der Waals surface area contributed by atoms with Gasteiger partial charge in [-0.3, -0.25) is 4.79 Å². The molecule has 130 valence electrons. The van der Waals surface area contributed by atoms with Gasteiger partial charge < -0.3 is 15.4 Å². The van der Waals surface area contributed by atoms with Crippen molar-refractivity contribution in [2.24, 2.45) is 0 Å². The van der Waals surface area contributed by atoms with Crippen molar-refractivity contribution in [2.45, 2.75) is 26.3 Å². The third kappa shape index (κ3) is 6.19. The van der Waals surface area contributed by atoms with E-state index in [2.05, 4.69) is 16.7 Å². The summed E-state index contributed by atoms with van der Waals surface area (Å²) in [7, 11) is 0. The highest BCUT2D eigenvalue weighted by molar-refractivity contribution is 5.84. The molecule has 2 aromatic carbocycles. The number of carbonyl (C=O) groups excluding carboxylic acids is 1. The van der Waals surface area contributed by atoms with Crippen molar-refractivity contribution < 1.29 is 9.53 Å². The summed E-state index contributed by atoms with van der Waals surface area (Å²) >= 11 is 0. The number of hydrogen-bond donors (Lipinski definition) is 2. The molecule has 0 saturated heterocycles. The van der Waals surface area contributed by atoms with Crippen LogP contribution in [0.4, 0.5) is 5.69 Å². The molecule has 5 nitrogen and oxygen atoms in total. The first kappa shape index (κ1) is 18.3. The van der Waals surface area contributed by atoms with E-state index < -0.39 is 0 Å². The molecule has 1 unspecified atom stereocenters. The van der Waals surface area contributed by atoms with Gasteiger partial charge in [0, 0.05) is 5.69 Å². The summed E-state index contributed by atoms with van der Waals surface area (Å²) in [4.78, 5) is 12.1. The highest BCUT2D eigenvalue weighted by Crippen LogP contribution is 2.12. The molecule has 0 bridgehead atoms. The van der Waals surface area contributed by atoms with Crippen LogP contribution in [0.5, 0.6) is 5.75 Å². The van der Waals surface area contributed by atoms with E-state index in [1.807, 2.05) is 55.5 Å². The number of hydrogen-bond acceptors (Lipinski definition) is 4. The Morgan fingerprint density at radius 3 is 2.68 bits per heavy atom. The fraction of sp³-hybridized carbons (Fsp3) is 0.300. The van der Waals surface area contributed by atoms with Crippen molar-refractivity contribution in [3.63, 3.8) is 0 Å². The average Bonchev–Trinajstić information content (AvgIpc) is 2.60. The molecular weight excluding hydrogens is 314 g/mol. The zero-order valence-electron chi connectivity index (χ0n) is 14.6. The number of benzene rings is 2. The van der Waals surface area contributed by atoms with Crippen LogP contribution >= 0.6 is 0 Å². The molecule has 0 spiro atoms.